The van der Waals surface area contributed by atoms with Crippen LogP contribution >= 0.6 is 23.1 Å². The van der Waals surface area contributed by atoms with Gasteiger partial charge in [0.05, 0.1) is 45.2 Å². The number of carbonyl (C=O) groups is 3. The van der Waals surface area contributed by atoms with Crippen molar-refractivity contribution in [3.05, 3.63) is 58.4 Å². The topological polar surface area (TPSA) is 131 Å². The number of hydrogen-bond donors (Lipinski definition) is 3. The van der Waals surface area contributed by atoms with Gasteiger partial charge in [0.1, 0.15) is 6.10 Å². The normalized spacial score (nSPS) is 17.9. The van der Waals surface area contributed by atoms with Gasteiger partial charge in [-0.3, -0.25) is 14.9 Å². The molecule has 9 nitrogen and oxygen atoms in total. The van der Waals surface area contributed by atoms with Crippen molar-refractivity contribution in [3.63, 3.8) is 0 Å². The number of nitrogens with zero attached hydrogens (tertiary/aromatic N) is 2. The molecule has 1 aromatic carbocycles. The van der Waals surface area contributed by atoms with Crippen LogP contribution in [0.15, 0.2) is 36.4 Å². The lowest BCUT2D eigenvalue weighted by atomic mass is 9.78. The highest BCUT2D eigenvalue weighted by molar-refractivity contribution is 7.10. The van der Waals surface area contributed by atoms with Gasteiger partial charge in [0.2, 0.25) is 5.91 Å². The number of ether oxygens (including phenoxy) is 1. The van der Waals surface area contributed by atoms with E-state index in [1.807, 2.05) is 6.07 Å². The van der Waals surface area contributed by atoms with Crippen molar-refractivity contribution in [1.82, 2.24) is 9.36 Å². The lowest BCUT2D eigenvalue weighted by Gasteiger charge is -2.27. The number of carbonyl (C=O) groups excluding carboxylic acids is 2. The molecule has 1 fully saturated rings. The number of aromatic nitrogens is 2. The van der Waals surface area contributed by atoms with Crippen LogP contribution < -0.4 is 10.6 Å². The summed E-state index contributed by atoms with van der Waals surface area (Å²) in [6.45, 7) is 5.27. The van der Waals surface area contributed by atoms with E-state index in [9.17, 15) is 19.5 Å². The number of anilines is 2. The lowest BCUT2D eigenvalue weighted by Crippen LogP contribution is -2.36. The first-order valence-electron chi connectivity index (χ1n) is 12.4. The van der Waals surface area contributed by atoms with Crippen molar-refractivity contribution >= 4 is 52.5 Å². The summed E-state index contributed by atoms with van der Waals surface area (Å²) in [4.78, 5) is 42.5. The molecule has 0 radical (unpaired) electrons. The molecular formula is C27H29ClN4O5S. The summed E-state index contributed by atoms with van der Waals surface area (Å²) in [6.07, 6.45) is 1.48. The van der Waals surface area contributed by atoms with Gasteiger partial charge in [-0.15, -0.1) is 0 Å². The first-order valence-corrected chi connectivity index (χ1v) is 13.5. The van der Waals surface area contributed by atoms with Crippen molar-refractivity contribution in [2.45, 2.75) is 52.6 Å². The number of pyridine rings is 1. The molecule has 0 aliphatic heterocycles. The molecule has 2 amide bonds. The van der Waals surface area contributed by atoms with Crippen LogP contribution in [0.1, 0.15) is 55.7 Å². The summed E-state index contributed by atoms with van der Waals surface area (Å²) in [5.41, 5.74) is 3.44. The fraction of sp³-hybridized carbons (Fsp3) is 0.370. The molecule has 4 rings (SSSR count). The number of carboxylic acid groups (broad SMARTS) is 1. The van der Waals surface area contributed by atoms with Crippen LogP contribution in [-0.2, 0) is 14.3 Å². The lowest BCUT2D eigenvalue weighted by molar-refractivity contribution is -0.147. The van der Waals surface area contributed by atoms with E-state index < -0.39 is 30.0 Å². The zero-order valence-electron chi connectivity index (χ0n) is 21.3. The number of halogens is 1. The Bertz CT molecular complexity index is 1360. The molecule has 0 bridgehead atoms. The summed E-state index contributed by atoms with van der Waals surface area (Å²) in [5, 5.41) is 15.7. The first-order chi connectivity index (χ1) is 18.2. The molecule has 3 aromatic rings. The second kappa shape index (κ2) is 11.9. The zero-order valence-corrected chi connectivity index (χ0v) is 22.9. The Morgan fingerprint density at radius 1 is 1.05 bits per heavy atom. The predicted octanol–water partition coefficient (Wildman–Crippen LogP) is 6.61. The number of aliphatic carboxylic acids is 1. The largest absolute Gasteiger partial charge is 0.481 e. The molecule has 3 atom stereocenters. The van der Waals surface area contributed by atoms with Gasteiger partial charge in [-0.2, -0.15) is 4.37 Å². The van der Waals surface area contributed by atoms with Crippen molar-refractivity contribution in [1.29, 1.82) is 0 Å². The first kappa shape index (κ1) is 27.5. The molecule has 38 heavy (non-hydrogen) atoms. The maximum atomic E-state index is 12.9. The van der Waals surface area contributed by atoms with Crippen LogP contribution in [0.3, 0.4) is 0 Å². The number of amides is 2. The highest BCUT2D eigenvalue weighted by Crippen LogP contribution is 2.36. The quantitative estimate of drug-likeness (QED) is 0.298. The number of hydrogen-bond acceptors (Lipinski definition) is 7. The van der Waals surface area contributed by atoms with Crippen molar-refractivity contribution in [2.75, 3.05) is 10.6 Å². The number of nitrogens with one attached hydrogen (secondary N) is 2. The molecule has 3 N–H and O–H groups in total. The summed E-state index contributed by atoms with van der Waals surface area (Å²) < 4.78 is 9.91. The third-order valence-corrected chi connectivity index (χ3v) is 8.02. The van der Waals surface area contributed by atoms with Gasteiger partial charge in [-0.1, -0.05) is 42.6 Å². The average molecular weight is 557 g/mol. The molecule has 200 valence electrons. The van der Waals surface area contributed by atoms with E-state index in [-0.39, 0.29) is 5.91 Å². The van der Waals surface area contributed by atoms with E-state index in [0.29, 0.717) is 56.8 Å². The Labute approximate surface area is 229 Å². The SMILES string of the molecule is Cc1nc(-c2snc(C)c2NC(=O)O[C@H](C)c2ccccc2Cl)ccc1NC(=O)[C@H]1CCCC[C@@H]1C(=O)O. The fourth-order valence-corrected chi connectivity index (χ4v) is 5.74. The minimum Gasteiger partial charge on any atom is -0.481 e. The number of aryl methyl sites for hydroxylation is 2. The Balaban J connectivity index is 1.47. The summed E-state index contributed by atoms with van der Waals surface area (Å²) in [7, 11) is 0. The van der Waals surface area contributed by atoms with Crippen molar-refractivity contribution in [2.24, 2.45) is 11.8 Å². The number of carboxylic acids is 1. The fourth-order valence-electron chi connectivity index (χ4n) is 4.64. The van der Waals surface area contributed by atoms with Gasteiger partial charge in [0.25, 0.3) is 0 Å². The Hall–Kier alpha value is -3.50. The second-order valence-electron chi connectivity index (χ2n) is 9.32. The molecule has 0 saturated heterocycles. The standard InChI is InChI=1S/C27H29ClN4O5S/c1-14-21(30-25(33)18-9-4-5-10-19(18)26(34)35)12-13-22(29-14)24-23(15(2)32-38-24)31-27(36)37-16(3)17-8-6-7-11-20(17)28/h6-8,11-13,16,18-19H,4-5,9-10H2,1-3H3,(H,30,33)(H,31,36)(H,34,35)/t16-,18+,19+/m1/s1. The molecule has 2 heterocycles. The predicted molar refractivity (Wildman–Crippen MR) is 147 cm³/mol. The zero-order chi connectivity index (χ0) is 27.4. The molecule has 1 saturated carbocycles. The minimum absolute atomic E-state index is 0.305. The smallest absolute Gasteiger partial charge is 0.412 e. The van der Waals surface area contributed by atoms with Crippen molar-refractivity contribution < 1.29 is 24.2 Å². The highest BCUT2D eigenvalue weighted by atomic mass is 35.5. The van der Waals surface area contributed by atoms with Crippen LogP contribution in [0, 0.1) is 25.7 Å². The maximum absolute atomic E-state index is 12.9. The molecule has 1 aliphatic carbocycles. The van der Waals surface area contributed by atoms with E-state index in [4.69, 9.17) is 16.3 Å². The average Bonchev–Trinajstić information content (AvgIpc) is 3.24. The summed E-state index contributed by atoms with van der Waals surface area (Å²) in [5.74, 6) is -2.48. The molecule has 0 spiro atoms. The van der Waals surface area contributed by atoms with Gasteiger partial charge >= 0.3 is 12.1 Å². The molecule has 11 heteroatoms. The Kier molecular flexibility index (Phi) is 8.63. The van der Waals surface area contributed by atoms with E-state index in [2.05, 4.69) is 20.0 Å². The van der Waals surface area contributed by atoms with Crippen LogP contribution in [-0.4, -0.2) is 32.4 Å². The van der Waals surface area contributed by atoms with Gasteiger partial charge in [0, 0.05) is 10.6 Å². The molecule has 0 unspecified atom stereocenters. The number of benzene rings is 1. The van der Waals surface area contributed by atoms with E-state index in [1.165, 1.54) is 11.5 Å². The van der Waals surface area contributed by atoms with Crippen LogP contribution in [0.5, 0.6) is 0 Å². The highest BCUT2D eigenvalue weighted by Gasteiger charge is 2.36. The van der Waals surface area contributed by atoms with Gasteiger partial charge in [-0.05, 0) is 63.3 Å². The summed E-state index contributed by atoms with van der Waals surface area (Å²) in [6, 6.07) is 10.6. The van der Waals surface area contributed by atoms with E-state index in [0.717, 1.165) is 12.8 Å². The minimum atomic E-state index is -0.935. The van der Waals surface area contributed by atoms with E-state index in [1.54, 1.807) is 51.1 Å². The van der Waals surface area contributed by atoms with Gasteiger partial charge in [-0.25, -0.2) is 9.78 Å². The summed E-state index contributed by atoms with van der Waals surface area (Å²) >= 11 is 7.41. The van der Waals surface area contributed by atoms with Crippen molar-refractivity contribution in [3.8, 4) is 10.6 Å². The van der Waals surface area contributed by atoms with Gasteiger partial charge in [0.15, 0.2) is 0 Å². The number of rotatable bonds is 7. The Morgan fingerprint density at radius 3 is 2.45 bits per heavy atom. The molecule has 1 aliphatic rings. The Morgan fingerprint density at radius 2 is 1.76 bits per heavy atom. The van der Waals surface area contributed by atoms with Gasteiger partial charge < -0.3 is 15.2 Å². The van der Waals surface area contributed by atoms with E-state index >= 15 is 0 Å². The van der Waals surface area contributed by atoms with Crippen LogP contribution in [0.25, 0.3) is 10.6 Å². The maximum Gasteiger partial charge on any atom is 0.412 e. The third-order valence-electron chi connectivity index (χ3n) is 6.71. The third kappa shape index (κ3) is 6.14. The van der Waals surface area contributed by atoms with Crippen LogP contribution in [0.2, 0.25) is 5.02 Å². The van der Waals surface area contributed by atoms with Crippen LogP contribution in [0.4, 0.5) is 16.2 Å². The molecular weight excluding hydrogens is 528 g/mol. The second-order valence-corrected chi connectivity index (χ2v) is 10.5. The molecule has 2 aromatic heterocycles. The monoisotopic (exact) mass is 556 g/mol.